The monoisotopic (exact) mass is 458 g/mol. The smallest absolute Gasteiger partial charge is 0.160 e. The third kappa shape index (κ3) is 3.52. The highest BCUT2D eigenvalue weighted by atomic mass is 14.9. The van der Waals surface area contributed by atoms with E-state index in [9.17, 15) is 0 Å². The first-order valence-electron chi connectivity index (χ1n) is 12.2. The Morgan fingerprint density at radius 3 is 2.11 bits per heavy atom. The third-order valence-corrected chi connectivity index (χ3v) is 6.89. The second-order valence-corrected chi connectivity index (χ2v) is 9.10. The number of benzene rings is 6. The molecule has 7 aromatic rings. The Labute approximate surface area is 209 Å². The van der Waals surface area contributed by atoms with E-state index in [4.69, 9.17) is 9.97 Å². The molecule has 2 nitrogen and oxygen atoms in total. The number of hydrogen-bond acceptors (Lipinski definition) is 2. The summed E-state index contributed by atoms with van der Waals surface area (Å²) < 4.78 is 0. The van der Waals surface area contributed by atoms with Crippen LogP contribution in [0.5, 0.6) is 0 Å². The normalized spacial score (nSPS) is 11.3. The van der Waals surface area contributed by atoms with Crippen LogP contribution >= 0.6 is 0 Å². The van der Waals surface area contributed by atoms with Gasteiger partial charge in [-0.2, -0.15) is 0 Å². The molecule has 0 saturated heterocycles. The standard InChI is InChI=1S/C34H22N2/c1-2-9-23(10-3-1)31-21-28(19-26-11-4-6-14-29(26)31)25-18-17-24-13-8-15-30(32(24)20-25)34-35-22-27-12-5-7-16-33(27)36-34/h1-22H. The van der Waals surface area contributed by atoms with Crippen LogP contribution in [0.15, 0.2) is 134 Å². The Bertz CT molecular complexity index is 1890. The molecule has 0 unspecified atom stereocenters. The fraction of sp³-hybridized carbons (Fsp3) is 0. The van der Waals surface area contributed by atoms with Crippen LogP contribution < -0.4 is 0 Å². The summed E-state index contributed by atoms with van der Waals surface area (Å²) in [4.78, 5) is 9.59. The number of aromatic nitrogens is 2. The predicted molar refractivity (Wildman–Crippen MR) is 151 cm³/mol. The Kier molecular flexibility index (Phi) is 4.82. The fourth-order valence-corrected chi connectivity index (χ4v) is 5.08. The van der Waals surface area contributed by atoms with Crippen LogP contribution in [-0.4, -0.2) is 9.97 Å². The van der Waals surface area contributed by atoms with Gasteiger partial charge >= 0.3 is 0 Å². The van der Waals surface area contributed by atoms with Crippen molar-refractivity contribution >= 4 is 32.4 Å². The van der Waals surface area contributed by atoms with E-state index in [2.05, 4.69) is 103 Å². The van der Waals surface area contributed by atoms with Crippen molar-refractivity contribution in [2.45, 2.75) is 0 Å². The molecule has 1 aromatic heterocycles. The zero-order chi connectivity index (χ0) is 23.9. The molecule has 6 aromatic carbocycles. The van der Waals surface area contributed by atoms with Crippen molar-refractivity contribution in [3.05, 3.63) is 134 Å². The van der Waals surface area contributed by atoms with Crippen LogP contribution in [0, 0.1) is 0 Å². The molecule has 0 atom stereocenters. The Morgan fingerprint density at radius 1 is 0.417 bits per heavy atom. The Balaban J connectivity index is 1.43. The van der Waals surface area contributed by atoms with Gasteiger partial charge in [0.1, 0.15) is 0 Å². The van der Waals surface area contributed by atoms with Crippen molar-refractivity contribution in [2.24, 2.45) is 0 Å². The van der Waals surface area contributed by atoms with Gasteiger partial charge in [0, 0.05) is 17.1 Å². The number of rotatable bonds is 3. The van der Waals surface area contributed by atoms with E-state index in [1.165, 1.54) is 38.4 Å². The summed E-state index contributed by atoms with van der Waals surface area (Å²) in [5.41, 5.74) is 6.85. The Morgan fingerprint density at radius 2 is 1.19 bits per heavy atom. The zero-order valence-electron chi connectivity index (χ0n) is 19.6. The van der Waals surface area contributed by atoms with Gasteiger partial charge in [0.05, 0.1) is 5.52 Å². The lowest BCUT2D eigenvalue weighted by Gasteiger charge is -2.13. The van der Waals surface area contributed by atoms with E-state index in [-0.39, 0.29) is 0 Å². The molecule has 0 fully saturated rings. The second-order valence-electron chi connectivity index (χ2n) is 9.10. The lowest BCUT2D eigenvalue weighted by atomic mass is 9.91. The summed E-state index contributed by atoms with van der Waals surface area (Å²) in [6, 6.07) is 45.0. The van der Waals surface area contributed by atoms with E-state index in [1.54, 1.807) is 0 Å². The summed E-state index contributed by atoms with van der Waals surface area (Å²) in [6.45, 7) is 0. The number of nitrogens with zero attached hydrogens (tertiary/aromatic N) is 2. The first kappa shape index (κ1) is 20.5. The molecule has 0 bridgehead atoms. The molecule has 0 radical (unpaired) electrons. The molecular formula is C34H22N2. The number of para-hydroxylation sites is 1. The minimum atomic E-state index is 0.750. The van der Waals surface area contributed by atoms with Gasteiger partial charge in [0.2, 0.25) is 0 Å². The highest BCUT2D eigenvalue weighted by Crippen LogP contribution is 2.36. The van der Waals surface area contributed by atoms with Gasteiger partial charge < -0.3 is 0 Å². The zero-order valence-corrected chi connectivity index (χ0v) is 19.6. The van der Waals surface area contributed by atoms with Gasteiger partial charge in [-0.3, -0.25) is 0 Å². The maximum absolute atomic E-state index is 4.88. The predicted octanol–water partition coefficient (Wildman–Crippen LogP) is 8.94. The molecule has 0 amide bonds. The maximum Gasteiger partial charge on any atom is 0.160 e. The molecule has 36 heavy (non-hydrogen) atoms. The third-order valence-electron chi connectivity index (χ3n) is 6.89. The summed E-state index contributed by atoms with van der Waals surface area (Å²) in [5, 5.41) is 5.88. The van der Waals surface area contributed by atoms with Crippen molar-refractivity contribution in [1.82, 2.24) is 9.97 Å². The number of hydrogen-bond donors (Lipinski definition) is 0. The van der Waals surface area contributed by atoms with Gasteiger partial charge in [-0.1, -0.05) is 103 Å². The van der Waals surface area contributed by atoms with Gasteiger partial charge in [-0.15, -0.1) is 0 Å². The molecule has 2 heteroatoms. The summed E-state index contributed by atoms with van der Waals surface area (Å²) in [6.07, 6.45) is 1.91. The van der Waals surface area contributed by atoms with Gasteiger partial charge in [-0.25, -0.2) is 9.97 Å². The first-order valence-corrected chi connectivity index (χ1v) is 12.2. The van der Waals surface area contributed by atoms with Crippen molar-refractivity contribution in [1.29, 1.82) is 0 Å². The molecule has 0 aliphatic carbocycles. The first-order chi connectivity index (χ1) is 17.8. The molecule has 0 N–H and O–H groups in total. The summed E-state index contributed by atoms with van der Waals surface area (Å²) in [7, 11) is 0. The topological polar surface area (TPSA) is 25.8 Å². The van der Waals surface area contributed by atoms with Crippen molar-refractivity contribution in [3.63, 3.8) is 0 Å². The molecule has 168 valence electrons. The highest BCUT2D eigenvalue weighted by molar-refractivity contribution is 6.02. The summed E-state index contributed by atoms with van der Waals surface area (Å²) >= 11 is 0. The van der Waals surface area contributed by atoms with Crippen LogP contribution in [-0.2, 0) is 0 Å². The van der Waals surface area contributed by atoms with E-state index >= 15 is 0 Å². The van der Waals surface area contributed by atoms with Crippen LogP contribution in [0.4, 0.5) is 0 Å². The Hall–Kier alpha value is -4.82. The van der Waals surface area contributed by atoms with E-state index in [1.807, 2.05) is 30.5 Å². The molecule has 0 spiro atoms. The van der Waals surface area contributed by atoms with Gasteiger partial charge in [-0.05, 0) is 68.1 Å². The van der Waals surface area contributed by atoms with Crippen LogP contribution in [0.2, 0.25) is 0 Å². The molecule has 0 aliphatic rings. The maximum atomic E-state index is 4.88. The quantitative estimate of drug-likeness (QED) is 0.264. The average Bonchev–Trinajstić information content (AvgIpc) is 2.96. The fourth-order valence-electron chi connectivity index (χ4n) is 5.08. The highest BCUT2D eigenvalue weighted by Gasteiger charge is 2.12. The summed E-state index contributed by atoms with van der Waals surface area (Å²) in [5.74, 6) is 0.750. The van der Waals surface area contributed by atoms with Gasteiger partial charge in [0.15, 0.2) is 5.82 Å². The largest absolute Gasteiger partial charge is 0.236 e. The molecule has 0 aliphatic heterocycles. The molecular weight excluding hydrogens is 436 g/mol. The average molecular weight is 459 g/mol. The van der Waals surface area contributed by atoms with Crippen LogP contribution in [0.3, 0.4) is 0 Å². The lowest BCUT2D eigenvalue weighted by Crippen LogP contribution is -1.91. The van der Waals surface area contributed by atoms with Crippen LogP contribution in [0.1, 0.15) is 0 Å². The molecule has 0 saturated carbocycles. The number of fused-ring (bicyclic) bond motifs is 3. The lowest BCUT2D eigenvalue weighted by molar-refractivity contribution is 1.23. The van der Waals surface area contributed by atoms with E-state index in [0.717, 1.165) is 27.7 Å². The molecule has 1 heterocycles. The minimum Gasteiger partial charge on any atom is -0.236 e. The SMILES string of the molecule is c1ccc(-c2cc(-c3ccc4cccc(-c5ncc6ccccc6n5)c4c3)cc3ccccc23)cc1. The minimum absolute atomic E-state index is 0.750. The van der Waals surface area contributed by atoms with E-state index in [0.29, 0.717) is 0 Å². The molecule has 7 rings (SSSR count). The van der Waals surface area contributed by atoms with Gasteiger partial charge in [0.25, 0.3) is 0 Å². The van der Waals surface area contributed by atoms with Crippen molar-refractivity contribution in [2.75, 3.05) is 0 Å². The van der Waals surface area contributed by atoms with Crippen molar-refractivity contribution < 1.29 is 0 Å². The van der Waals surface area contributed by atoms with Crippen LogP contribution in [0.25, 0.3) is 66.1 Å². The van der Waals surface area contributed by atoms with E-state index < -0.39 is 0 Å². The van der Waals surface area contributed by atoms with Crippen molar-refractivity contribution in [3.8, 4) is 33.6 Å². The second kappa shape index (κ2) is 8.44.